The summed E-state index contributed by atoms with van der Waals surface area (Å²) in [6, 6.07) is 9.00. The predicted octanol–water partition coefficient (Wildman–Crippen LogP) is 2.79. The van der Waals surface area contributed by atoms with E-state index >= 15 is 0 Å². The first-order valence-corrected chi connectivity index (χ1v) is 8.87. The van der Waals surface area contributed by atoms with Gasteiger partial charge in [0.25, 0.3) is 11.5 Å². The van der Waals surface area contributed by atoms with Gasteiger partial charge in [-0.15, -0.1) is 0 Å². The standard InChI is InChI=1S/C20H22N4O3/c1-5-24-17-16(19(26)23-20(24)27)14(10-15(22-17)11(2)3)18(25)21-13-8-6-12(4)7-9-13/h6-11H,5H2,1-4H3,(H,21,25)(H,23,26,27). The number of nitrogens with one attached hydrogen (secondary N) is 2. The molecule has 3 aromatic rings. The number of H-pyrrole nitrogens is 1. The van der Waals surface area contributed by atoms with E-state index in [-0.39, 0.29) is 22.5 Å². The molecule has 0 unspecified atom stereocenters. The van der Waals surface area contributed by atoms with Crippen LogP contribution in [-0.2, 0) is 6.54 Å². The van der Waals surface area contributed by atoms with Crippen LogP contribution in [0, 0.1) is 6.92 Å². The van der Waals surface area contributed by atoms with E-state index in [0.717, 1.165) is 5.56 Å². The van der Waals surface area contributed by atoms with Crippen molar-refractivity contribution in [1.29, 1.82) is 0 Å². The van der Waals surface area contributed by atoms with Crippen molar-refractivity contribution in [1.82, 2.24) is 14.5 Å². The van der Waals surface area contributed by atoms with Crippen LogP contribution in [0.3, 0.4) is 0 Å². The highest BCUT2D eigenvalue weighted by Gasteiger charge is 2.20. The Labute approximate surface area is 156 Å². The molecule has 7 nitrogen and oxygen atoms in total. The van der Waals surface area contributed by atoms with Crippen LogP contribution in [-0.4, -0.2) is 20.4 Å². The number of amides is 1. The lowest BCUT2D eigenvalue weighted by atomic mass is 10.0. The van der Waals surface area contributed by atoms with E-state index in [1.165, 1.54) is 4.57 Å². The molecular formula is C20H22N4O3. The largest absolute Gasteiger partial charge is 0.329 e. The summed E-state index contributed by atoms with van der Waals surface area (Å²) in [5.41, 5.74) is 1.63. The minimum absolute atomic E-state index is 0.0278. The van der Waals surface area contributed by atoms with Crippen molar-refractivity contribution < 1.29 is 4.79 Å². The van der Waals surface area contributed by atoms with Crippen LogP contribution in [0.2, 0.25) is 0 Å². The molecule has 140 valence electrons. The van der Waals surface area contributed by atoms with Crippen LogP contribution in [0.1, 0.15) is 48.3 Å². The summed E-state index contributed by atoms with van der Waals surface area (Å²) in [6.07, 6.45) is 0. The van der Waals surface area contributed by atoms with Crippen molar-refractivity contribution in [2.45, 2.75) is 40.2 Å². The Balaban J connectivity index is 2.24. The topological polar surface area (TPSA) is 96.9 Å². The molecule has 0 spiro atoms. The second-order valence-corrected chi connectivity index (χ2v) is 6.77. The minimum atomic E-state index is -0.614. The fraction of sp³-hybridized carbons (Fsp3) is 0.300. The number of nitrogens with zero attached hydrogens (tertiary/aromatic N) is 2. The number of aromatic nitrogens is 3. The zero-order valence-electron chi connectivity index (χ0n) is 15.8. The van der Waals surface area contributed by atoms with E-state index in [9.17, 15) is 14.4 Å². The quantitative estimate of drug-likeness (QED) is 0.742. The van der Waals surface area contributed by atoms with Gasteiger partial charge in [0.2, 0.25) is 0 Å². The average molecular weight is 366 g/mol. The summed E-state index contributed by atoms with van der Waals surface area (Å²) in [4.78, 5) is 44.3. The summed E-state index contributed by atoms with van der Waals surface area (Å²) in [6.45, 7) is 7.96. The number of carbonyl (C=O) groups excluding carboxylic acids is 1. The molecule has 0 aliphatic rings. The zero-order valence-corrected chi connectivity index (χ0v) is 15.8. The molecule has 7 heteroatoms. The second kappa shape index (κ2) is 7.19. The SMILES string of the molecule is CCn1c(=O)[nH]c(=O)c2c(C(=O)Nc3ccc(C)cc3)cc(C(C)C)nc21. The van der Waals surface area contributed by atoms with Crippen molar-refractivity contribution >= 4 is 22.6 Å². The molecule has 0 aliphatic heterocycles. The first kappa shape index (κ1) is 18.6. The molecule has 2 aromatic heterocycles. The number of hydrogen-bond donors (Lipinski definition) is 2. The molecule has 2 N–H and O–H groups in total. The fourth-order valence-corrected chi connectivity index (χ4v) is 2.90. The molecular weight excluding hydrogens is 344 g/mol. The van der Waals surface area contributed by atoms with Gasteiger partial charge >= 0.3 is 5.69 Å². The molecule has 3 rings (SSSR count). The van der Waals surface area contributed by atoms with Gasteiger partial charge in [-0.25, -0.2) is 9.78 Å². The molecule has 2 heterocycles. The van der Waals surface area contributed by atoms with Crippen molar-refractivity contribution in [3.8, 4) is 0 Å². The Morgan fingerprint density at radius 2 is 1.89 bits per heavy atom. The maximum Gasteiger partial charge on any atom is 0.329 e. The van der Waals surface area contributed by atoms with Gasteiger partial charge in [-0.05, 0) is 38.0 Å². The van der Waals surface area contributed by atoms with Gasteiger partial charge in [-0.3, -0.25) is 19.1 Å². The Kier molecular flexibility index (Phi) is 4.94. The van der Waals surface area contributed by atoms with E-state index < -0.39 is 17.2 Å². The average Bonchev–Trinajstić information content (AvgIpc) is 2.62. The first-order valence-electron chi connectivity index (χ1n) is 8.87. The number of carbonyl (C=O) groups is 1. The minimum Gasteiger partial charge on any atom is -0.322 e. The molecule has 1 amide bonds. The van der Waals surface area contributed by atoms with Crippen LogP contribution in [0.5, 0.6) is 0 Å². The lowest BCUT2D eigenvalue weighted by molar-refractivity contribution is 0.102. The normalized spacial score (nSPS) is 11.1. The molecule has 27 heavy (non-hydrogen) atoms. The maximum atomic E-state index is 12.9. The van der Waals surface area contributed by atoms with Crippen LogP contribution in [0.4, 0.5) is 5.69 Å². The molecule has 1 aromatic carbocycles. The monoisotopic (exact) mass is 366 g/mol. The Morgan fingerprint density at radius 1 is 1.22 bits per heavy atom. The summed E-state index contributed by atoms with van der Waals surface area (Å²) < 4.78 is 1.37. The molecule has 0 fully saturated rings. The Bertz CT molecular complexity index is 1120. The number of anilines is 1. The van der Waals surface area contributed by atoms with Gasteiger partial charge in [0.05, 0.1) is 10.9 Å². The summed E-state index contributed by atoms with van der Waals surface area (Å²) in [5, 5.41) is 2.93. The lowest BCUT2D eigenvalue weighted by Crippen LogP contribution is -2.32. The molecule has 0 saturated heterocycles. The number of benzene rings is 1. The molecule has 0 radical (unpaired) electrons. The smallest absolute Gasteiger partial charge is 0.322 e. The summed E-state index contributed by atoms with van der Waals surface area (Å²) in [7, 11) is 0. The van der Waals surface area contributed by atoms with Crippen LogP contribution >= 0.6 is 0 Å². The van der Waals surface area contributed by atoms with E-state index in [4.69, 9.17) is 0 Å². The third kappa shape index (κ3) is 3.53. The number of aromatic amines is 1. The number of hydrogen-bond acceptors (Lipinski definition) is 4. The van der Waals surface area contributed by atoms with Gasteiger partial charge in [-0.1, -0.05) is 31.5 Å². The van der Waals surface area contributed by atoms with Gasteiger partial charge in [0.1, 0.15) is 0 Å². The van der Waals surface area contributed by atoms with Gasteiger partial charge in [0.15, 0.2) is 5.65 Å². The number of rotatable bonds is 4. The summed E-state index contributed by atoms with van der Waals surface area (Å²) >= 11 is 0. The van der Waals surface area contributed by atoms with Crippen molar-refractivity contribution in [2.75, 3.05) is 5.32 Å². The van der Waals surface area contributed by atoms with E-state index in [1.807, 2.05) is 32.9 Å². The third-order valence-corrected chi connectivity index (χ3v) is 4.43. The highest BCUT2D eigenvalue weighted by atomic mass is 16.2. The van der Waals surface area contributed by atoms with Crippen molar-refractivity contribution in [3.63, 3.8) is 0 Å². The Hall–Kier alpha value is -3.22. The second-order valence-electron chi connectivity index (χ2n) is 6.77. The number of aryl methyl sites for hydroxylation is 2. The number of pyridine rings is 1. The van der Waals surface area contributed by atoms with Crippen LogP contribution in [0.15, 0.2) is 39.9 Å². The van der Waals surface area contributed by atoms with Crippen molar-refractivity contribution in [3.05, 3.63) is 68.0 Å². The predicted molar refractivity (Wildman–Crippen MR) is 106 cm³/mol. The molecule has 0 bridgehead atoms. The summed E-state index contributed by atoms with van der Waals surface area (Å²) in [5.74, 6) is -0.389. The first-order chi connectivity index (χ1) is 12.8. The molecule has 0 atom stereocenters. The van der Waals surface area contributed by atoms with E-state index in [2.05, 4.69) is 15.3 Å². The van der Waals surface area contributed by atoms with Crippen LogP contribution < -0.4 is 16.6 Å². The Morgan fingerprint density at radius 3 is 2.48 bits per heavy atom. The van der Waals surface area contributed by atoms with Gasteiger partial charge in [0, 0.05) is 17.9 Å². The zero-order chi connectivity index (χ0) is 19.7. The van der Waals surface area contributed by atoms with E-state index in [0.29, 0.717) is 17.9 Å². The highest BCUT2D eigenvalue weighted by molar-refractivity contribution is 6.11. The third-order valence-electron chi connectivity index (χ3n) is 4.43. The molecule has 0 aliphatic carbocycles. The lowest BCUT2D eigenvalue weighted by Gasteiger charge is -2.14. The van der Waals surface area contributed by atoms with Crippen LogP contribution in [0.25, 0.3) is 11.0 Å². The fourth-order valence-electron chi connectivity index (χ4n) is 2.90. The molecule has 0 saturated carbocycles. The van der Waals surface area contributed by atoms with Gasteiger partial charge < -0.3 is 5.32 Å². The van der Waals surface area contributed by atoms with Crippen molar-refractivity contribution in [2.24, 2.45) is 0 Å². The number of fused-ring (bicyclic) bond motifs is 1. The van der Waals surface area contributed by atoms with E-state index in [1.54, 1.807) is 25.1 Å². The maximum absolute atomic E-state index is 12.9. The highest BCUT2D eigenvalue weighted by Crippen LogP contribution is 2.21. The van der Waals surface area contributed by atoms with Gasteiger partial charge in [-0.2, -0.15) is 0 Å².